The standard InChI is InChI=1S/C13H11F2N3O/c14-10-2-1-3-11(12(10)15)18-13(19)8-4-5-17-9(6-8)7-16/h1-6H,7,16H2,(H,18,19). The Kier molecular flexibility index (Phi) is 3.82. The number of benzene rings is 1. The van der Waals surface area contributed by atoms with Crippen LogP contribution in [0.4, 0.5) is 14.5 Å². The number of nitrogens with two attached hydrogens (primary N) is 1. The Morgan fingerprint density at radius 3 is 2.84 bits per heavy atom. The zero-order valence-corrected chi connectivity index (χ0v) is 9.86. The van der Waals surface area contributed by atoms with Gasteiger partial charge in [0.25, 0.3) is 5.91 Å². The van der Waals surface area contributed by atoms with Crippen LogP contribution < -0.4 is 11.1 Å². The molecule has 19 heavy (non-hydrogen) atoms. The molecule has 0 spiro atoms. The van der Waals surface area contributed by atoms with E-state index in [0.29, 0.717) is 5.69 Å². The van der Waals surface area contributed by atoms with Crippen molar-refractivity contribution in [3.63, 3.8) is 0 Å². The first-order chi connectivity index (χ1) is 9.11. The molecule has 1 heterocycles. The first-order valence-electron chi connectivity index (χ1n) is 5.52. The number of amides is 1. The number of anilines is 1. The van der Waals surface area contributed by atoms with Gasteiger partial charge in [-0.15, -0.1) is 0 Å². The van der Waals surface area contributed by atoms with Crippen LogP contribution in [0.5, 0.6) is 0 Å². The maximum absolute atomic E-state index is 13.4. The Bertz CT molecular complexity index is 617. The zero-order chi connectivity index (χ0) is 13.8. The molecule has 1 aromatic heterocycles. The van der Waals surface area contributed by atoms with Gasteiger partial charge in [-0.05, 0) is 24.3 Å². The second kappa shape index (κ2) is 5.53. The summed E-state index contributed by atoms with van der Waals surface area (Å²) in [5.41, 5.74) is 6.01. The lowest BCUT2D eigenvalue weighted by Gasteiger charge is -2.07. The Morgan fingerprint density at radius 1 is 1.32 bits per heavy atom. The predicted molar refractivity (Wildman–Crippen MR) is 66.4 cm³/mol. The van der Waals surface area contributed by atoms with Gasteiger partial charge >= 0.3 is 0 Å². The molecule has 0 aliphatic heterocycles. The zero-order valence-electron chi connectivity index (χ0n) is 9.86. The first-order valence-corrected chi connectivity index (χ1v) is 5.52. The molecule has 98 valence electrons. The normalized spacial score (nSPS) is 10.3. The van der Waals surface area contributed by atoms with Gasteiger partial charge in [-0.1, -0.05) is 6.07 Å². The van der Waals surface area contributed by atoms with Crippen LogP contribution >= 0.6 is 0 Å². The highest BCUT2D eigenvalue weighted by Gasteiger charge is 2.12. The van der Waals surface area contributed by atoms with E-state index in [-0.39, 0.29) is 17.8 Å². The van der Waals surface area contributed by atoms with E-state index in [1.165, 1.54) is 30.5 Å². The lowest BCUT2D eigenvalue weighted by atomic mass is 10.2. The molecule has 6 heteroatoms. The molecular weight excluding hydrogens is 252 g/mol. The predicted octanol–water partition coefficient (Wildman–Crippen LogP) is 2.07. The Balaban J connectivity index is 2.23. The highest BCUT2D eigenvalue weighted by atomic mass is 19.2. The van der Waals surface area contributed by atoms with Gasteiger partial charge in [0, 0.05) is 18.3 Å². The lowest BCUT2D eigenvalue weighted by Crippen LogP contribution is -2.14. The summed E-state index contributed by atoms with van der Waals surface area (Å²) in [7, 11) is 0. The van der Waals surface area contributed by atoms with Crippen LogP contribution in [0, 0.1) is 11.6 Å². The molecule has 2 aromatic rings. The van der Waals surface area contributed by atoms with Gasteiger partial charge in [0.15, 0.2) is 11.6 Å². The summed E-state index contributed by atoms with van der Waals surface area (Å²) in [4.78, 5) is 15.8. The minimum absolute atomic E-state index is 0.190. The number of hydrogen-bond donors (Lipinski definition) is 2. The molecule has 2 rings (SSSR count). The number of nitrogens with zero attached hydrogens (tertiary/aromatic N) is 1. The third-order valence-electron chi connectivity index (χ3n) is 2.49. The average Bonchev–Trinajstić information content (AvgIpc) is 2.44. The van der Waals surface area contributed by atoms with Crippen molar-refractivity contribution >= 4 is 11.6 Å². The van der Waals surface area contributed by atoms with Crippen LogP contribution in [0.25, 0.3) is 0 Å². The van der Waals surface area contributed by atoms with Crippen molar-refractivity contribution in [2.75, 3.05) is 5.32 Å². The van der Waals surface area contributed by atoms with Crippen molar-refractivity contribution in [1.82, 2.24) is 4.98 Å². The van der Waals surface area contributed by atoms with E-state index < -0.39 is 17.5 Å². The highest BCUT2D eigenvalue weighted by molar-refractivity contribution is 6.04. The molecule has 0 unspecified atom stereocenters. The summed E-state index contributed by atoms with van der Waals surface area (Å²) in [5, 5.41) is 2.30. The van der Waals surface area contributed by atoms with Crippen molar-refractivity contribution in [2.45, 2.75) is 6.54 Å². The summed E-state index contributed by atoms with van der Waals surface area (Å²) in [6.45, 7) is 0.190. The average molecular weight is 263 g/mol. The molecule has 0 aliphatic rings. The maximum atomic E-state index is 13.4. The van der Waals surface area contributed by atoms with Crippen molar-refractivity contribution < 1.29 is 13.6 Å². The molecule has 1 amide bonds. The van der Waals surface area contributed by atoms with E-state index in [0.717, 1.165) is 6.07 Å². The maximum Gasteiger partial charge on any atom is 0.255 e. The Hall–Kier alpha value is -2.34. The third-order valence-corrected chi connectivity index (χ3v) is 2.49. The number of halogens is 2. The number of rotatable bonds is 3. The molecular formula is C13H11F2N3O. The van der Waals surface area contributed by atoms with Gasteiger partial charge in [0.05, 0.1) is 11.4 Å². The van der Waals surface area contributed by atoms with Gasteiger partial charge in [0.1, 0.15) is 0 Å². The Labute approximate surface area is 108 Å². The SMILES string of the molecule is NCc1cc(C(=O)Nc2cccc(F)c2F)ccn1. The summed E-state index contributed by atoms with van der Waals surface area (Å²) >= 11 is 0. The molecule has 3 N–H and O–H groups in total. The third kappa shape index (κ3) is 2.92. The van der Waals surface area contributed by atoms with Crippen molar-refractivity contribution in [2.24, 2.45) is 5.73 Å². The lowest BCUT2D eigenvalue weighted by molar-refractivity contribution is 0.102. The van der Waals surface area contributed by atoms with Crippen LogP contribution in [-0.2, 0) is 6.54 Å². The van der Waals surface area contributed by atoms with E-state index in [2.05, 4.69) is 10.3 Å². The largest absolute Gasteiger partial charge is 0.325 e. The van der Waals surface area contributed by atoms with E-state index >= 15 is 0 Å². The van der Waals surface area contributed by atoms with E-state index in [4.69, 9.17) is 5.73 Å². The minimum Gasteiger partial charge on any atom is -0.325 e. The number of aromatic nitrogens is 1. The van der Waals surface area contributed by atoms with Crippen molar-refractivity contribution in [3.05, 3.63) is 59.4 Å². The summed E-state index contributed by atoms with van der Waals surface area (Å²) in [6.07, 6.45) is 1.43. The van der Waals surface area contributed by atoms with Crippen LogP contribution in [-0.4, -0.2) is 10.9 Å². The van der Waals surface area contributed by atoms with E-state index in [9.17, 15) is 13.6 Å². The molecule has 0 saturated carbocycles. The number of carbonyl (C=O) groups excluding carboxylic acids is 1. The first kappa shape index (κ1) is 13.1. The molecule has 1 aromatic carbocycles. The molecule has 0 radical (unpaired) electrons. The smallest absolute Gasteiger partial charge is 0.255 e. The second-order valence-corrected chi connectivity index (χ2v) is 3.80. The van der Waals surface area contributed by atoms with Crippen molar-refractivity contribution in [1.29, 1.82) is 0 Å². The fourth-order valence-corrected chi connectivity index (χ4v) is 1.53. The number of pyridine rings is 1. The van der Waals surface area contributed by atoms with Gasteiger partial charge < -0.3 is 11.1 Å². The van der Waals surface area contributed by atoms with Crippen LogP contribution in [0.3, 0.4) is 0 Å². The summed E-state index contributed by atoms with van der Waals surface area (Å²) in [5.74, 6) is -2.67. The molecule has 0 atom stereocenters. The molecule has 0 saturated heterocycles. The van der Waals surface area contributed by atoms with Gasteiger partial charge in [0.2, 0.25) is 0 Å². The van der Waals surface area contributed by atoms with Gasteiger partial charge in [-0.2, -0.15) is 0 Å². The minimum atomic E-state index is -1.09. The molecule has 0 fully saturated rings. The van der Waals surface area contributed by atoms with Gasteiger partial charge in [-0.25, -0.2) is 8.78 Å². The number of nitrogens with one attached hydrogen (secondary N) is 1. The second-order valence-electron chi connectivity index (χ2n) is 3.80. The van der Waals surface area contributed by atoms with Crippen LogP contribution in [0.1, 0.15) is 16.1 Å². The van der Waals surface area contributed by atoms with Crippen LogP contribution in [0.15, 0.2) is 36.5 Å². The van der Waals surface area contributed by atoms with Crippen LogP contribution in [0.2, 0.25) is 0 Å². The number of carbonyl (C=O) groups is 1. The van der Waals surface area contributed by atoms with E-state index in [1.807, 2.05) is 0 Å². The molecule has 0 bridgehead atoms. The highest BCUT2D eigenvalue weighted by Crippen LogP contribution is 2.17. The Morgan fingerprint density at radius 2 is 2.11 bits per heavy atom. The van der Waals surface area contributed by atoms with E-state index in [1.54, 1.807) is 0 Å². The monoisotopic (exact) mass is 263 g/mol. The molecule has 4 nitrogen and oxygen atoms in total. The fourth-order valence-electron chi connectivity index (χ4n) is 1.53. The van der Waals surface area contributed by atoms with Gasteiger partial charge in [-0.3, -0.25) is 9.78 Å². The number of hydrogen-bond acceptors (Lipinski definition) is 3. The molecule has 0 aliphatic carbocycles. The summed E-state index contributed by atoms with van der Waals surface area (Å²) in [6, 6.07) is 6.52. The summed E-state index contributed by atoms with van der Waals surface area (Å²) < 4.78 is 26.4. The fraction of sp³-hybridized carbons (Fsp3) is 0.0769. The topological polar surface area (TPSA) is 68.0 Å². The van der Waals surface area contributed by atoms with Crippen molar-refractivity contribution in [3.8, 4) is 0 Å². The quantitative estimate of drug-likeness (QED) is 0.890.